The van der Waals surface area contributed by atoms with Crippen molar-refractivity contribution in [2.45, 2.75) is 77.7 Å². The molecule has 1 N–H and O–H groups in total. The molecule has 0 amide bonds. The molecule has 1 aromatic carbocycles. The molecule has 1 aromatic rings. The van der Waals surface area contributed by atoms with Crippen molar-refractivity contribution in [3.05, 3.63) is 41.5 Å². The van der Waals surface area contributed by atoms with Gasteiger partial charge in [-0.15, -0.1) is 0 Å². The van der Waals surface area contributed by atoms with E-state index in [0.29, 0.717) is 30.4 Å². The van der Waals surface area contributed by atoms with Gasteiger partial charge in [0.1, 0.15) is 11.4 Å². The van der Waals surface area contributed by atoms with E-state index in [0.717, 1.165) is 38.5 Å². The van der Waals surface area contributed by atoms with Crippen LogP contribution in [0.15, 0.2) is 35.9 Å². The van der Waals surface area contributed by atoms with Crippen LogP contribution < -0.4 is 4.74 Å². The molecule has 6 atom stereocenters. The van der Waals surface area contributed by atoms with Crippen LogP contribution >= 0.6 is 0 Å². The Bertz CT molecular complexity index is 1170. The molecule has 3 saturated carbocycles. The molecule has 0 aromatic heterocycles. The van der Waals surface area contributed by atoms with Gasteiger partial charge in [-0.25, -0.2) is 4.79 Å². The van der Waals surface area contributed by atoms with Crippen LogP contribution in [0.5, 0.6) is 5.75 Å². The summed E-state index contributed by atoms with van der Waals surface area (Å²) in [7, 11) is 0. The second-order valence-electron chi connectivity index (χ2n) is 11.9. The zero-order valence-electron chi connectivity index (χ0n) is 21.9. The standard InChI is InChI=1S/C30H36O7/c1-18(31)37-22-7-4-19(5-8-22)27(34)36-17-26(33)30(35)15-12-25-23-9-6-20-16-21(32)10-13-28(20,2)24(23)11-14-29(25,30)3/h4-5,7-8,16,23-25,35H,6,9-15,17H2,1-3H3. The fourth-order valence-electron chi connectivity index (χ4n) is 8.19. The van der Waals surface area contributed by atoms with Crippen LogP contribution in [0.2, 0.25) is 0 Å². The molecule has 0 aliphatic heterocycles. The number of ether oxygens (including phenoxy) is 2. The Hall–Kier alpha value is -2.80. The summed E-state index contributed by atoms with van der Waals surface area (Å²) < 4.78 is 10.3. The van der Waals surface area contributed by atoms with E-state index in [2.05, 4.69) is 6.92 Å². The van der Waals surface area contributed by atoms with Gasteiger partial charge in [-0.1, -0.05) is 19.4 Å². The predicted octanol–water partition coefficient (Wildman–Crippen LogP) is 4.60. The van der Waals surface area contributed by atoms with Crippen LogP contribution in [0, 0.1) is 28.6 Å². The summed E-state index contributed by atoms with van der Waals surface area (Å²) in [5.41, 5.74) is -0.529. The smallest absolute Gasteiger partial charge is 0.338 e. The van der Waals surface area contributed by atoms with E-state index in [1.165, 1.54) is 36.8 Å². The number of carbonyl (C=O) groups is 4. The molecule has 4 aliphatic rings. The van der Waals surface area contributed by atoms with E-state index in [4.69, 9.17) is 9.47 Å². The zero-order chi connectivity index (χ0) is 26.6. The molecular formula is C30H36O7. The SMILES string of the molecule is CC(=O)Oc1ccc(C(=O)OCC(=O)C2(O)CCC3C4CCC5=CC(=O)CCC5(C)C4CCC32C)cc1. The minimum absolute atomic E-state index is 0.0312. The largest absolute Gasteiger partial charge is 0.454 e. The lowest BCUT2D eigenvalue weighted by atomic mass is 9.46. The number of hydrogen-bond donors (Lipinski definition) is 1. The highest BCUT2D eigenvalue weighted by atomic mass is 16.5. The van der Waals surface area contributed by atoms with Crippen molar-refractivity contribution in [1.29, 1.82) is 0 Å². The number of ketones is 2. The van der Waals surface area contributed by atoms with Crippen molar-refractivity contribution >= 4 is 23.5 Å². The first-order chi connectivity index (χ1) is 17.5. The third-order valence-corrected chi connectivity index (χ3v) is 10.3. The highest BCUT2D eigenvalue weighted by Gasteiger charge is 2.66. The monoisotopic (exact) mass is 508 g/mol. The van der Waals surface area contributed by atoms with E-state index < -0.39 is 35.3 Å². The van der Waals surface area contributed by atoms with Crippen LogP contribution in [0.1, 0.15) is 82.5 Å². The number of allylic oxidation sites excluding steroid dienone is 1. The number of carbonyl (C=O) groups excluding carboxylic acids is 4. The molecule has 6 unspecified atom stereocenters. The Morgan fingerprint density at radius 1 is 0.973 bits per heavy atom. The van der Waals surface area contributed by atoms with Gasteiger partial charge in [0, 0.05) is 18.8 Å². The van der Waals surface area contributed by atoms with E-state index in [1.807, 2.05) is 13.0 Å². The number of rotatable bonds is 5. The van der Waals surface area contributed by atoms with Crippen LogP contribution in [-0.2, 0) is 19.1 Å². The first-order valence-electron chi connectivity index (χ1n) is 13.4. The van der Waals surface area contributed by atoms with Gasteiger partial charge < -0.3 is 14.6 Å². The van der Waals surface area contributed by atoms with Crippen LogP contribution in [-0.4, -0.2) is 40.8 Å². The fraction of sp³-hybridized carbons (Fsp3) is 0.600. The molecule has 7 heteroatoms. The van der Waals surface area contributed by atoms with Crippen molar-refractivity contribution in [2.24, 2.45) is 28.6 Å². The normalized spacial score (nSPS) is 36.5. The van der Waals surface area contributed by atoms with E-state index in [1.54, 1.807) is 0 Å². The van der Waals surface area contributed by atoms with Gasteiger partial charge in [0.2, 0.25) is 5.78 Å². The number of aliphatic hydroxyl groups is 1. The number of hydrogen-bond acceptors (Lipinski definition) is 7. The summed E-state index contributed by atoms with van der Waals surface area (Å²) in [6, 6.07) is 5.92. The van der Waals surface area contributed by atoms with Gasteiger partial charge in [-0.2, -0.15) is 0 Å². The minimum atomic E-state index is -1.53. The topological polar surface area (TPSA) is 107 Å². The van der Waals surface area contributed by atoms with Gasteiger partial charge in [0.05, 0.1) is 5.56 Å². The van der Waals surface area contributed by atoms with E-state index in [9.17, 15) is 24.3 Å². The maximum atomic E-state index is 13.4. The van der Waals surface area contributed by atoms with Gasteiger partial charge in [0.25, 0.3) is 0 Å². The summed E-state index contributed by atoms with van der Waals surface area (Å²) in [4.78, 5) is 49.1. The van der Waals surface area contributed by atoms with Crippen molar-refractivity contribution in [1.82, 2.24) is 0 Å². The second-order valence-corrected chi connectivity index (χ2v) is 11.9. The molecule has 0 spiro atoms. The second kappa shape index (κ2) is 9.19. The van der Waals surface area contributed by atoms with Crippen LogP contribution in [0.3, 0.4) is 0 Å². The highest BCUT2D eigenvalue weighted by molar-refractivity contribution is 5.95. The Balaban J connectivity index is 1.27. The lowest BCUT2D eigenvalue weighted by molar-refractivity contribution is -0.164. The third-order valence-electron chi connectivity index (χ3n) is 10.3. The predicted molar refractivity (Wildman–Crippen MR) is 135 cm³/mol. The van der Waals surface area contributed by atoms with Gasteiger partial charge in [-0.05, 0) is 98.5 Å². The molecule has 0 saturated heterocycles. The average Bonchev–Trinajstić information content (AvgIpc) is 3.14. The number of esters is 2. The molecule has 0 heterocycles. The van der Waals surface area contributed by atoms with Gasteiger partial charge in [-0.3, -0.25) is 14.4 Å². The van der Waals surface area contributed by atoms with Crippen molar-refractivity contribution in [2.75, 3.05) is 6.61 Å². The third kappa shape index (κ3) is 4.15. The zero-order valence-corrected chi connectivity index (χ0v) is 21.9. The maximum absolute atomic E-state index is 13.4. The summed E-state index contributed by atoms with van der Waals surface area (Å²) in [6.07, 6.45) is 8.10. The summed E-state index contributed by atoms with van der Waals surface area (Å²) in [5, 5.41) is 11.8. The lowest BCUT2D eigenvalue weighted by Crippen LogP contribution is -2.58. The Morgan fingerprint density at radius 2 is 1.68 bits per heavy atom. The highest BCUT2D eigenvalue weighted by Crippen LogP contribution is 2.67. The molecule has 0 bridgehead atoms. The van der Waals surface area contributed by atoms with Gasteiger partial charge in [0.15, 0.2) is 12.4 Å². The first-order valence-corrected chi connectivity index (χ1v) is 13.4. The van der Waals surface area contributed by atoms with Crippen molar-refractivity contribution in [3.63, 3.8) is 0 Å². The minimum Gasteiger partial charge on any atom is -0.454 e. The van der Waals surface area contributed by atoms with Gasteiger partial charge >= 0.3 is 11.9 Å². The molecule has 7 nitrogen and oxygen atoms in total. The number of benzene rings is 1. The Morgan fingerprint density at radius 3 is 2.38 bits per heavy atom. The molecule has 4 aliphatic carbocycles. The first kappa shape index (κ1) is 25.8. The Kier molecular flexibility index (Phi) is 6.42. The van der Waals surface area contributed by atoms with Crippen molar-refractivity contribution in [3.8, 4) is 5.75 Å². The summed E-state index contributed by atoms with van der Waals surface area (Å²) in [6.45, 7) is 5.17. The fourth-order valence-corrected chi connectivity index (χ4v) is 8.19. The maximum Gasteiger partial charge on any atom is 0.338 e. The Labute approximate surface area is 217 Å². The summed E-state index contributed by atoms with van der Waals surface area (Å²) in [5.74, 6) is 0.0857. The van der Waals surface area contributed by atoms with E-state index in [-0.39, 0.29) is 22.7 Å². The molecule has 37 heavy (non-hydrogen) atoms. The molecule has 3 fully saturated rings. The lowest BCUT2D eigenvalue weighted by Gasteiger charge is -2.58. The number of Topliss-reactive ketones (excluding diaryl/α,β-unsaturated/α-hetero) is 1. The average molecular weight is 509 g/mol. The molecule has 198 valence electrons. The molecule has 0 radical (unpaired) electrons. The quantitative estimate of drug-likeness (QED) is 0.457. The number of fused-ring (bicyclic) bond motifs is 5. The van der Waals surface area contributed by atoms with E-state index >= 15 is 0 Å². The molecule has 5 rings (SSSR count). The molecular weight excluding hydrogens is 472 g/mol. The van der Waals surface area contributed by atoms with Crippen LogP contribution in [0.25, 0.3) is 0 Å². The van der Waals surface area contributed by atoms with Crippen molar-refractivity contribution < 1.29 is 33.8 Å². The van der Waals surface area contributed by atoms with Crippen LogP contribution in [0.4, 0.5) is 0 Å². The summed E-state index contributed by atoms with van der Waals surface area (Å²) >= 11 is 0.